The molecule has 108 valence electrons. The summed E-state index contributed by atoms with van der Waals surface area (Å²) < 4.78 is 0. The van der Waals surface area contributed by atoms with Crippen LogP contribution < -0.4 is 0 Å². The Balaban J connectivity index is 2.10. The number of aliphatic carboxylic acids is 1. The van der Waals surface area contributed by atoms with E-state index in [1.54, 1.807) is 16.8 Å². The van der Waals surface area contributed by atoms with Gasteiger partial charge in [0.1, 0.15) is 5.54 Å². The number of nitrogens with zero attached hydrogens (tertiary/aromatic N) is 2. The predicted molar refractivity (Wildman–Crippen MR) is 72.0 cm³/mol. The van der Waals surface area contributed by atoms with Gasteiger partial charge in [-0.15, -0.1) is 0 Å². The largest absolute Gasteiger partial charge is 0.479 e. The predicted octanol–water partition coefficient (Wildman–Crippen LogP) is 2.17. The topological polar surface area (TPSA) is 60.9 Å². The number of carbonyl (C=O) groups is 2. The maximum atomic E-state index is 12.5. The Hall–Kier alpha value is -1.26. The molecule has 2 fully saturated rings. The van der Waals surface area contributed by atoms with Crippen LogP contribution in [0.4, 0.5) is 4.79 Å². The zero-order chi connectivity index (χ0) is 14.0. The molecule has 1 aliphatic heterocycles. The van der Waals surface area contributed by atoms with Crippen molar-refractivity contribution in [2.24, 2.45) is 5.92 Å². The summed E-state index contributed by atoms with van der Waals surface area (Å²) in [7, 11) is 1.79. The summed E-state index contributed by atoms with van der Waals surface area (Å²) >= 11 is 0. The van der Waals surface area contributed by atoms with Crippen molar-refractivity contribution in [2.45, 2.75) is 51.0 Å². The van der Waals surface area contributed by atoms with Crippen LogP contribution in [0.1, 0.15) is 45.4 Å². The molecule has 1 saturated heterocycles. The van der Waals surface area contributed by atoms with Gasteiger partial charge in [0.15, 0.2) is 0 Å². The van der Waals surface area contributed by atoms with Crippen molar-refractivity contribution in [2.75, 3.05) is 20.1 Å². The molecule has 1 aliphatic carbocycles. The minimum Gasteiger partial charge on any atom is -0.479 e. The van der Waals surface area contributed by atoms with Crippen LogP contribution in [0.2, 0.25) is 0 Å². The van der Waals surface area contributed by atoms with Gasteiger partial charge >= 0.3 is 12.0 Å². The van der Waals surface area contributed by atoms with Gasteiger partial charge < -0.3 is 14.9 Å². The highest BCUT2D eigenvalue weighted by Gasteiger charge is 2.50. The van der Waals surface area contributed by atoms with E-state index >= 15 is 0 Å². The molecule has 19 heavy (non-hydrogen) atoms. The fourth-order valence-electron chi connectivity index (χ4n) is 3.13. The molecule has 2 amide bonds. The molecule has 0 aromatic heterocycles. The summed E-state index contributed by atoms with van der Waals surface area (Å²) in [5.74, 6) is -0.220. The van der Waals surface area contributed by atoms with E-state index in [-0.39, 0.29) is 6.03 Å². The number of rotatable bonds is 5. The number of hydrogen-bond acceptors (Lipinski definition) is 2. The van der Waals surface area contributed by atoms with Gasteiger partial charge in [0.2, 0.25) is 0 Å². The molecule has 1 unspecified atom stereocenters. The molecular formula is C14H24N2O3. The van der Waals surface area contributed by atoms with Crippen LogP contribution in [0, 0.1) is 5.92 Å². The molecule has 1 heterocycles. The van der Waals surface area contributed by atoms with Crippen LogP contribution in [0.3, 0.4) is 0 Å². The first-order valence-electron chi connectivity index (χ1n) is 7.27. The van der Waals surface area contributed by atoms with E-state index in [1.807, 2.05) is 6.92 Å². The second-order valence-electron chi connectivity index (χ2n) is 5.95. The van der Waals surface area contributed by atoms with E-state index in [0.717, 1.165) is 19.4 Å². The lowest BCUT2D eigenvalue weighted by Gasteiger charge is -2.37. The summed E-state index contributed by atoms with van der Waals surface area (Å²) in [6.07, 6.45) is 5.08. The number of urea groups is 1. The van der Waals surface area contributed by atoms with Crippen LogP contribution in [-0.2, 0) is 4.79 Å². The van der Waals surface area contributed by atoms with E-state index in [0.29, 0.717) is 25.3 Å². The molecule has 5 heteroatoms. The molecule has 0 aromatic carbocycles. The maximum Gasteiger partial charge on any atom is 0.329 e. The third-order valence-corrected chi connectivity index (χ3v) is 4.34. The molecule has 2 rings (SSSR count). The van der Waals surface area contributed by atoms with Crippen LogP contribution in [0.15, 0.2) is 0 Å². The Morgan fingerprint density at radius 2 is 2.11 bits per heavy atom. The lowest BCUT2D eigenvalue weighted by molar-refractivity contribution is -0.148. The standard InChI is InChI=1S/C14H24N2O3/c1-3-7-14(12(17)18)8-4-9-16(14)13(19)15(2)10-11-5-6-11/h11H,3-10H2,1-2H3,(H,17,18). The summed E-state index contributed by atoms with van der Waals surface area (Å²) in [4.78, 5) is 27.5. The first-order chi connectivity index (χ1) is 9.01. The monoisotopic (exact) mass is 268 g/mol. The Bertz CT molecular complexity index is 368. The van der Waals surface area contributed by atoms with Crippen molar-refractivity contribution >= 4 is 12.0 Å². The van der Waals surface area contributed by atoms with E-state index in [2.05, 4.69) is 0 Å². The Kier molecular flexibility index (Phi) is 4.02. The van der Waals surface area contributed by atoms with Crippen molar-refractivity contribution in [3.8, 4) is 0 Å². The molecule has 5 nitrogen and oxygen atoms in total. The molecule has 0 bridgehead atoms. The van der Waals surface area contributed by atoms with Crippen molar-refractivity contribution in [3.05, 3.63) is 0 Å². The Morgan fingerprint density at radius 3 is 2.63 bits per heavy atom. The van der Waals surface area contributed by atoms with E-state index < -0.39 is 11.5 Å². The van der Waals surface area contributed by atoms with E-state index in [9.17, 15) is 14.7 Å². The Morgan fingerprint density at radius 1 is 1.42 bits per heavy atom. The third-order valence-electron chi connectivity index (χ3n) is 4.34. The SMILES string of the molecule is CCCC1(C(=O)O)CCCN1C(=O)N(C)CC1CC1. The van der Waals surface area contributed by atoms with Crippen LogP contribution in [-0.4, -0.2) is 52.6 Å². The molecule has 1 N–H and O–H groups in total. The fourth-order valence-corrected chi connectivity index (χ4v) is 3.13. The van der Waals surface area contributed by atoms with Gasteiger partial charge in [-0.2, -0.15) is 0 Å². The average molecular weight is 268 g/mol. The maximum absolute atomic E-state index is 12.5. The van der Waals surface area contributed by atoms with Gasteiger partial charge in [0, 0.05) is 20.1 Å². The summed E-state index contributed by atoms with van der Waals surface area (Å²) in [6.45, 7) is 3.30. The molecule has 1 saturated carbocycles. The number of amides is 2. The number of carboxylic acid groups (broad SMARTS) is 1. The van der Waals surface area contributed by atoms with Gasteiger partial charge in [-0.25, -0.2) is 9.59 Å². The molecule has 0 aromatic rings. The van der Waals surface area contributed by atoms with Gasteiger partial charge in [-0.05, 0) is 38.0 Å². The lowest BCUT2D eigenvalue weighted by atomic mass is 9.91. The van der Waals surface area contributed by atoms with Gasteiger partial charge in [-0.1, -0.05) is 13.3 Å². The van der Waals surface area contributed by atoms with E-state index in [4.69, 9.17) is 0 Å². The zero-order valence-electron chi connectivity index (χ0n) is 11.9. The van der Waals surface area contributed by atoms with Gasteiger partial charge in [0.05, 0.1) is 0 Å². The second kappa shape index (κ2) is 5.39. The minimum atomic E-state index is -0.969. The van der Waals surface area contributed by atoms with Gasteiger partial charge in [-0.3, -0.25) is 0 Å². The van der Waals surface area contributed by atoms with E-state index in [1.165, 1.54) is 12.8 Å². The lowest BCUT2D eigenvalue weighted by Crippen LogP contribution is -2.56. The van der Waals surface area contributed by atoms with Crippen LogP contribution >= 0.6 is 0 Å². The molecule has 1 atom stereocenters. The number of carbonyl (C=O) groups excluding carboxylic acids is 1. The summed E-state index contributed by atoms with van der Waals surface area (Å²) in [6, 6.07) is -0.111. The molecule has 2 aliphatic rings. The Labute approximate surface area is 114 Å². The number of hydrogen-bond donors (Lipinski definition) is 1. The summed E-state index contributed by atoms with van der Waals surface area (Å²) in [5, 5.41) is 9.58. The molecular weight excluding hydrogens is 244 g/mol. The van der Waals surface area contributed by atoms with Gasteiger partial charge in [0.25, 0.3) is 0 Å². The van der Waals surface area contributed by atoms with Crippen molar-refractivity contribution in [1.82, 2.24) is 9.80 Å². The first kappa shape index (κ1) is 14.2. The van der Waals surface area contributed by atoms with Crippen LogP contribution in [0.5, 0.6) is 0 Å². The van der Waals surface area contributed by atoms with Crippen molar-refractivity contribution < 1.29 is 14.7 Å². The fraction of sp³-hybridized carbons (Fsp3) is 0.857. The highest BCUT2D eigenvalue weighted by atomic mass is 16.4. The minimum absolute atomic E-state index is 0.111. The normalized spacial score (nSPS) is 26.5. The third kappa shape index (κ3) is 2.69. The number of likely N-dealkylation sites (tertiary alicyclic amines) is 1. The second-order valence-corrected chi connectivity index (χ2v) is 5.95. The van der Waals surface area contributed by atoms with Crippen molar-refractivity contribution in [1.29, 1.82) is 0 Å². The molecule has 0 spiro atoms. The quantitative estimate of drug-likeness (QED) is 0.831. The van der Waals surface area contributed by atoms with Crippen molar-refractivity contribution in [3.63, 3.8) is 0 Å². The highest BCUT2D eigenvalue weighted by molar-refractivity contribution is 5.87. The summed E-state index contributed by atoms with van der Waals surface area (Å²) in [5.41, 5.74) is -0.969. The highest BCUT2D eigenvalue weighted by Crippen LogP contribution is 2.36. The average Bonchev–Trinajstić information content (AvgIpc) is 3.06. The first-order valence-corrected chi connectivity index (χ1v) is 7.27. The van der Waals surface area contributed by atoms with Crippen LogP contribution in [0.25, 0.3) is 0 Å². The number of carboxylic acids is 1. The smallest absolute Gasteiger partial charge is 0.329 e. The molecule has 0 radical (unpaired) electrons. The zero-order valence-corrected chi connectivity index (χ0v) is 11.9.